The van der Waals surface area contributed by atoms with Gasteiger partial charge >= 0.3 is 0 Å². The minimum Gasteiger partial charge on any atom is -0.497 e. The third-order valence-electron chi connectivity index (χ3n) is 3.59. The van der Waals surface area contributed by atoms with Crippen LogP contribution in [0.5, 0.6) is 5.75 Å². The van der Waals surface area contributed by atoms with E-state index in [1.807, 2.05) is 38.4 Å². The highest BCUT2D eigenvalue weighted by molar-refractivity contribution is 5.94. The Morgan fingerprint density at radius 2 is 2.14 bits per heavy atom. The Kier molecular flexibility index (Phi) is 5.04. The highest BCUT2D eigenvalue weighted by Gasteiger charge is 2.11. The molecule has 1 aromatic heterocycles. The number of rotatable bonds is 6. The molecule has 0 spiro atoms. The van der Waals surface area contributed by atoms with Gasteiger partial charge in [0.15, 0.2) is 0 Å². The zero-order valence-electron chi connectivity index (χ0n) is 12.8. The summed E-state index contributed by atoms with van der Waals surface area (Å²) in [7, 11) is 3.63. The van der Waals surface area contributed by atoms with E-state index in [1.165, 1.54) is 5.69 Å². The van der Waals surface area contributed by atoms with Crippen LogP contribution in [0.15, 0.2) is 42.6 Å². The SMILES string of the molecule is COc1cccc(C(=O)N[C@@H](C)CCc2cccn2C)c1. The fourth-order valence-corrected chi connectivity index (χ4v) is 2.26. The second-order valence-electron chi connectivity index (χ2n) is 5.26. The summed E-state index contributed by atoms with van der Waals surface area (Å²) in [5, 5.41) is 3.03. The molecule has 2 aromatic rings. The molecule has 0 aliphatic carbocycles. The maximum atomic E-state index is 12.2. The average Bonchev–Trinajstić information content (AvgIpc) is 2.90. The molecular formula is C17H22N2O2. The van der Waals surface area contributed by atoms with Crippen molar-refractivity contribution in [2.75, 3.05) is 7.11 Å². The Hall–Kier alpha value is -2.23. The maximum Gasteiger partial charge on any atom is 0.251 e. The van der Waals surface area contributed by atoms with Crippen LogP contribution in [0.1, 0.15) is 29.4 Å². The van der Waals surface area contributed by atoms with Crippen LogP contribution in [0.3, 0.4) is 0 Å². The topological polar surface area (TPSA) is 43.3 Å². The fourth-order valence-electron chi connectivity index (χ4n) is 2.26. The standard InChI is InChI=1S/C17H22N2O2/c1-13(9-10-15-7-5-11-19(15)2)18-17(20)14-6-4-8-16(12-14)21-3/h4-8,11-13H,9-10H2,1-3H3,(H,18,20)/t13-/m0/s1. The zero-order valence-corrected chi connectivity index (χ0v) is 12.8. The number of carbonyl (C=O) groups is 1. The molecule has 0 bridgehead atoms. The largest absolute Gasteiger partial charge is 0.497 e. The van der Waals surface area contributed by atoms with Gasteiger partial charge in [-0.2, -0.15) is 0 Å². The molecule has 1 heterocycles. The lowest BCUT2D eigenvalue weighted by molar-refractivity contribution is 0.0938. The Bertz CT molecular complexity index is 604. The van der Waals surface area contributed by atoms with E-state index in [0.717, 1.165) is 12.8 Å². The van der Waals surface area contributed by atoms with E-state index in [4.69, 9.17) is 4.74 Å². The molecule has 0 aliphatic heterocycles. The molecule has 0 unspecified atom stereocenters. The Labute approximate surface area is 125 Å². The van der Waals surface area contributed by atoms with Gasteiger partial charge in [0.2, 0.25) is 0 Å². The summed E-state index contributed by atoms with van der Waals surface area (Å²) in [5.41, 5.74) is 1.90. The van der Waals surface area contributed by atoms with Crippen molar-refractivity contribution >= 4 is 5.91 Å². The van der Waals surface area contributed by atoms with E-state index in [0.29, 0.717) is 11.3 Å². The molecule has 0 radical (unpaired) electrons. The lowest BCUT2D eigenvalue weighted by Crippen LogP contribution is -2.33. The molecule has 0 fully saturated rings. The molecule has 0 saturated heterocycles. The Balaban J connectivity index is 1.88. The van der Waals surface area contributed by atoms with Crippen LogP contribution in [0.25, 0.3) is 0 Å². The first kappa shape index (κ1) is 15.2. The van der Waals surface area contributed by atoms with Gasteiger partial charge in [-0.05, 0) is 50.1 Å². The molecule has 4 nitrogen and oxygen atoms in total. The van der Waals surface area contributed by atoms with Gasteiger partial charge in [-0.15, -0.1) is 0 Å². The average molecular weight is 286 g/mol. The van der Waals surface area contributed by atoms with Crippen LogP contribution in [0.4, 0.5) is 0 Å². The number of benzene rings is 1. The van der Waals surface area contributed by atoms with Crippen LogP contribution >= 0.6 is 0 Å². The second kappa shape index (κ2) is 6.97. The van der Waals surface area contributed by atoms with Gasteiger partial charge in [0.25, 0.3) is 5.91 Å². The quantitative estimate of drug-likeness (QED) is 0.887. The third-order valence-corrected chi connectivity index (χ3v) is 3.59. The van der Waals surface area contributed by atoms with Crippen LogP contribution in [0, 0.1) is 0 Å². The molecule has 0 aliphatic rings. The van der Waals surface area contributed by atoms with Gasteiger partial charge in [0, 0.05) is 30.5 Å². The van der Waals surface area contributed by atoms with Crippen molar-refractivity contribution in [2.24, 2.45) is 7.05 Å². The van der Waals surface area contributed by atoms with Gasteiger partial charge in [-0.3, -0.25) is 4.79 Å². The molecule has 1 amide bonds. The molecule has 1 aromatic carbocycles. The molecule has 21 heavy (non-hydrogen) atoms. The van der Waals surface area contributed by atoms with Gasteiger partial charge in [-0.1, -0.05) is 6.07 Å². The number of amides is 1. The number of aromatic nitrogens is 1. The van der Waals surface area contributed by atoms with E-state index < -0.39 is 0 Å². The van der Waals surface area contributed by atoms with Crippen LogP contribution in [-0.2, 0) is 13.5 Å². The normalized spacial score (nSPS) is 12.0. The number of methoxy groups -OCH3 is 1. The molecule has 1 N–H and O–H groups in total. The summed E-state index contributed by atoms with van der Waals surface area (Å²) in [4.78, 5) is 12.2. The monoisotopic (exact) mass is 286 g/mol. The summed E-state index contributed by atoms with van der Waals surface area (Å²) < 4.78 is 7.24. The van der Waals surface area contributed by atoms with Crippen molar-refractivity contribution < 1.29 is 9.53 Å². The van der Waals surface area contributed by atoms with E-state index in [2.05, 4.69) is 16.0 Å². The summed E-state index contributed by atoms with van der Waals surface area (Å²) in [6, 6.07) is 11.5. The lowest BCUT2D eigenvalue weighted by Gasteiger charge is -2.14. The first-order chi connectivity index (χ1) is 10.1. The van der Waals surface area contributed by atoms with E-state index in [9.17, 15) is 4.79 Å². The maximum absolute atomic E-state index is 12.2. The molecule has 4 heteroatoms. The number of hydrogen-bond donors (Lipinski definition) is 1. The summed E-state index contributed by atoms with van der Waals surface area (Å²) >= 11 is 0. The van der Waals surface area contributed by atoms with Gasteiger partial charge in [0.05, 0.1) is 7.11 Å². The van der Waals surface area contributed by atoms with E-state index in [1.54, 1.807) is 19.2 Å². The van der Waals surface area contributed by atoms with Crippen molar-refractivity contribution in [1.29, 1.82) is 0 Å². The molecule has 2 rings (SSSR count). The Morgan fingerprint density at radius 3 is 2.81 bits per heavy atom. The zero-order chi connectivity index (χ0) is 15.2. The van der Waals surface area contributed by atoms with E-state index >= 15 is 0 Å². The predicted molar refractivity (Wildman–Crippen MR) is 83.7 cm³/mol. The number of carbonyl (C=O) groups excluding carboxylic acids is 1. The molecule has 112 valence electrons. The molecule has 1 atom stereocenters. The number of ether oxygens (including phenoxy) is 1. The van der Waals surface area contributed by atoms with Crippen molar-refractivity contribution in [3.8, 4) is 5.75 Å². The van der Waals surface area contributed by atoms with E-state index in [-0.39, 0.29) is 11.9 Å². The van der Waals surface area contributed by atoms with Crippen molar-refractivity contribution in [1.82, 2.24) is 9.88 Å². The number of aryl methyl sites for hydroxylation is 2. The van der Waals surface area contributed by atoms with Crippen LogP contribution < -0.4 is 10.1 Å². The highest BCUT2D eigenvalue weighted by Crippen LogP contribution is 2.13. The number of nitrogens with one attached hydrogen (secondary N) is 1. The van der Waals surface area contributed by atoms with Crippen LogP contribution in [0.2, 0.25) is 0 Å². The Morgan fingerprint density at radius 1 is 1.33 bits per heavy atom. The third kappa shape index (κ3) is 4.12. The van der Waals surface area contributed by atoms with Crippen molar-refractivity contribution in [2.45, 2.75) is 25.8 Å². The van der Waals surface area contributed by atoms with Crippen LogP contribution in [-0.4, -0.2) is 23.6 Å². The van der Waals surface area contributed by atoms with Gasteiger partial charge < -0.3 is 14.6 Å². The lowest BCUT2D eigenvalue weighted by atomic mass is 10.1. The first-order valence-electron chi connectivity index (χ1n) is 7.15. The smallest absolute Gasteiger partial charge is 0.251 e. The number of nitrogens with zero attached hydrogens (tertiary/aromatic N) is 1. The van der Waals surface area contributed by atoms with Crippen molar-refractivity contribution in [3.63, 3.8) is 0 Å². The number of hydrogen-bond acceptors (Lipinski definition) is 2. The summed E-state index contributed by atoms with van der Waals surface area (Å²) in [5.74, 6) is 0.632. The minimum absolute atomic E-state index is 0.0618. The minimum atomic E-state index is -0.0618. The molecular weight excluding hydrogens is 264 g/mol. The van der Waals surface area contributed by atoms with Gasteiger partial charge in [-0.25, -0.2) is 0 Å². The second-order valence-corrected chi connectivity index (χ2v) is 5.26. The first-order valence-corrected chi connectivity index (χ1v) is 7.15. The summed E-state index contributed by atoms with van der Waals surface area (Å²) in [6.07, 6.45) is 3.89. The van der Waals surface area contributed by atoms with Crippen molar-refractivity contribution in [3.05, 3.63) is 53.9 Å². The summed E-state index contributed by atoms with van der Waals surface area (Å²) in [6.45, 7) is 2.03. The predicted octanol–water partition coefficient (Wildman–Crippen LogP) is 2.78. The highest BCUT2D eigenvalue weighted by atomic mass is 16.5. The fraction of sp³-hybridized carbons (Fsp3) is 0.353. The molecule has 0 saturated carbocycles. The van der Waals surface area contributed by atoms with Gasteiger partial charge in [0.1, 0.15) is 5.75 Å².